The summed E-state index contributed by atoms with van der Waals surface area (Å²) in [6.07, 6.45) is 3.58. The number of rotatable bonds is 3. The van der Waals surface area contributed by atoms with Crippen molar-refractivity contribution in [1.82, 2.24) is 19.7 Å². The van der Waals surface area contributed by atoms with Crippen LogP contribution in [0.15, 0.2) is 60.9 Å². The predicted octanol–water partition coefficient (Wildman–Crippen LogP) is 6.19. The van der Waals surface area contributed by atoms with Gasteiger partial charge in [-0.2, -0.15) is 5.10 Å². The van der Waals surface area contributed by atoms with Crippen LogP contribution in [-0.4, -0.2) is 25.7 Å². The standard InChI is InChI=1S/C30H27N5O/c1-17-8-6-7-9-25(17)24-14-31-30(32-15-24)34-16-26-21(5)33-35(28(26)29(34)36)27-13-23-11-19(3)18(2)10-22(23)12-20(27)4/h6-15H,16H2,1-5H3. The number of aromatic nitrogens is 4. The average molecular weight is 474 g/mol. The Labute approximate surface area is 210 Å². The van der Waals surface area contributed by atoms with E-state index in [9.17, 15) is 4.79 Å². The highest BCUT2D eigenvalue weighted by Gasteiger charge is 2.37. The molecule has 0 N–H and O–H groups in total. The average Bonchev–Trinajstić information content (AvgIpc) is 3.37. The van der Waals surface area contributed by atoms with Crippen LogP contribution in [0.2, 0.25) is 0 Å². The van der Waals surface area contributed by atoms with Crippen LogP contribution in [0.1, 0.15) is 44.0 Å². The van der Waals surface area contributed by atoms with Gasteiger partial charge in [0.15, 0.2) is 0 Å². The number of carbonyl (C=O) groups is 1. The molecule has 1 amide bonds. The lowest BCUT2D eigenvalue weighted by Gasteiger charge is -2.16. The summed E-state index contributed by atoms with van der Waals surface area (Å²) >= 11 is 0. The second-order valence-electron chi connectivity index (χ2n) is 9.72. The highest BCUT2D eigenvalue weighted by Crippen LogP contribution is 2.33. The molecule has 2 aromatic heterocycles. The van der Waals surface area contributed by atoms with Crippen molar-refractivity contribution in [2.45, 2.75) is 41.2 Å². The van der Waals surface area contributed by atoms with E-state index >= 15 is 0 Å². The van der Waals surface area contributed by atoms with E-state index in [1.54, 1.807) is 22.0 Å². The zero-order valence-corrected chi connectivity index (χ0v) is 21.1. The van der Waals surface area contributed by atoms with Gasteiger partial charge in [-0.25, -0.2) is 14.6 Å². The van der Waals surface area contributed by atoms with Gasteiger partial charge in [-0.3, -0.25) is 9.69 Å². The maximum atomic E-state index is 13.7. The van der Waals surface area contributed by atoms with Crippen molar-refractivity contribution in [2.24, 2.45) is 0 Å². The fourth-order valence-electron chi connectivity index (χ4n) is 5.07. The Morgan fingerprint density at radius 2 is 1.42 bits per heavy atom. The smallest absolute Gasteiger partial charge is 0.271 e. The van der Waals surface area contributed by atoms with Gasteiger partial charge in [-0.1, -0.05) is 36.4 Å². The van der Waals surface area contributed by atoms with Gasteiger partial charge in [-0.15, -0.1) is 0 Å². The molecule has 3 aromatic carbocycles. The number of nitrogens with zero attached hydrogens (tertiary/aromatic N) is 5. The first kappa shape index (κ1) is 22.2. The molecule has 36 heavy (non-hydrogen) atoms. The summed E-state index contributed by atoms with van der Waals surface area (Å²) in [5.74, 6) is 0.273. The first-order valence-corrected chi connectivity index (χ1v) is 12.1. The predicted molar refractivity (Wildman–Crippen MR) is 143 cm³/mol. The summed E-state index contributed by atoms with van der Waals surface area (Å²) in [6.45, 7) is 10.8. The summed E-state index contributed by atoms with van der Waals surface area (Å²) < 4.78 is 1.80. The molecule has 6 rings (SSSR count). The van der Waals surface area contributed by atoms with E-state index in [0.717, 1.165) is 44.6 Å². The van der Waals surface area contributed by atoms with Crippen LogP contribution in [0, 0.1) is 34.6 Å². The van der Waals surface area contributed by atoms with Crippen molar-refractivity contribution in [1.29, 1.82) is 0 Å². The molecule has 6 heteroatoms. The van der Waals surface area contributed by atoms with Gasteiger partial charge in [0.05, 0.1) is 17.9 Å². The molecular formula is C30H27N5O. The maximum Gasteiger partial charge on any atom is 0.280 e. The van der Waals surface area contributed by atoms with Gasteiger partial charge in [0.1, 0.15) is 5.69 Å². The van der Waals surface area contributed by atoms with Crippen LogP contribution in [0.4, 0.5) is 5.95 Å². The Balaban J connectivity index is 1.39. The van der Waals surface area contributed by atoms with Crippen LogP contribution in [-0.2, 0) is 6.54 Å². The van der Waals surface area contributed by atoms with Crippen molar-refractivity contribution in [3.05, 3.63) is 100 Å². The van der Waals surface area contributed by atoms with Gasteiger partial charge in [0.25, 0.3) is 5.91 Å². The minimum atomic E-state index is -0.131. The third-order valence-corrected chi connectivity index (χ3v) is 7.28. The molecule has 1 aliphatic heterocycles. The number of hydrogen-bond donors (Lipinski definition) is 0. The van der Waals surface area contributed by atoms with E-state index in [4.69, 9.17) is 5.10 Å². The van der Waals surface area contributed by atoms with E-state index in [1.807, 2.05) is 19.1 Å². The maximum absolute atomic E-state index is 13.7. The molecule has 6 nitrogen and oxygen atoms in total. The lowest BCUT2D eigenvalue weighted by atomic mass is 10.00. The molecule has 0 radical (unpaired) electrons. The molecule has 0 fully saturated rings. The minimum Gasteiger partial charge on any atom is -0.271 e. The molecule has 0 atom stereocenters. The van der Waals surface area contributed by atoms with E-state index in [2.05, 4.69) is 74.1 Å². The van der Waals surface area contributed by atoms with Crippen molar-refractivity contribution >= 4 is 22.6 Å². The summed E-state index contributed by atoms with van der Waals surface area (Å²) in [5, 5.41) is 7.11. The zero-order valence-electron chi connectivity index (χ0n) is 21.1. The van der Waals surface area contributed by atoms with E-state index < -0.39 is 0 Å². The van der Waals surface area contributed by atoms with E-state index in [1.165, 1.54) is 16.5 Å². The molecule has 0 saturated carbocycles. The van der Waals surface area contributed by atoms with E-state index in [0.29, 0.717) is 18.2 Å². The Bertz CT molecular complexity index is 1680. The molecule has 0 bridgehead atoms. The summed E-state index contributed by atoms with van der Waals surface area (Å²) in [5.41, 5.74) is 10.0. The second kappa shape index (κ2) is 8.12. The monoisotopic (exact) mass is 473 g/mol. The van der Waals surface area contributed by atoms with Crippen molar-refractivity contribution in [3.8, 4) is 16.8 Å². The molecule has 1 aliphatic rings. The Hall–Kier alpha value is -4.32. The van der Waals surface area contributed by atoms with E-state index in [-0.39, 0.29) is 5.91 Å². The molecular weight excluding hydrogens is 446 g/mol. The lowest BCUT2D eigenvalue weighted by molar-refractivity contribution is 0.0988. The van der Waals surface area contributed by atoms with Crippen LogP contribution < -0.4 is 4.90 Å². The minimum absolute atomic E-state index is 0.131. The third-order valence-electron chi connectivity index (χ3n) is 7.28. The van der Waals surface area contributed by atoms with Gasteiger partial charge >= 0.3 is 0 Å². The topological polar surface area (TPSA) is 63.9 Å². The molecule has 0 aliphatic carbocycles. The molecule has 3 heterocycles. The third kappa shape index (κ3) is 3.40. The van der Waals surface area contributed by atoms with Crippen molar-refractivity contribution in [2.75, 3.05) is 4.90 Å². The number of anilines is 1. The first-order valence-electron chi connectivity index (χ1n) is 12.1. The zero-order chi connectivity index (χ0) is 25.1. The fraction of sp³-hybridized carbons (Fsp3) is 0.200. The van der Waals surface area contributed by atoms with Crippen molar-refractivity contribution in [3.63, 3.8) is 0 Å². The molecule has 0 unspecified atom stereocenters. The largest absolute Gasteiger partial charge is 0.280 e. The fourth-order valence-corrected chi connectivity index (χ4v) is 5.07. The number of aryl methyl sites for hydroxylation is 5. The number of fused-ring (bicyclic) bond motifs is 2. The number of benzene rings is 3. The normalized spacial score (nSPS) is 13.0. The first-order chi connectivity index (χ1) is 17.3. The Morgan fingerprint density at radius 3 is 2.11 bits per heavy atom. The van der Waals surface area contributed by atoms with Gasteiger partial charge in [0.2, 0.25) is 5.95 Å². The molecule has 0 spiro atoms. The van der Waals surface area contributed by atoms with Crippen LogP contribution in [0.25, 0.3) is 27.6 Å². The number of carbonyl (C=O) groups excluding carboxylic acids is 1. The molecule has 0 saturated heterocycles. The number of hydrogen-bond acceptors (Lipinski definition) is 4. The number of amides is 1. The van der Waals surface area contributed by atoms with Gasteiger partial charge < -0.3 is 0 Å². The quantitative estimate of drug-likeness (QED) is 0.314. The highest BCUT2D eigenvalue weighted by atomic mass is 16.2. The molecule has 5 aromatic rings. The Morgan fingerprint density at radius 1 is 0.778 bits per heavy atom. The van der Waals surface area contributed by atoms with Gasteiger partial charge in [-0.05, 0) is 85.3 Å². The van der Waals surface area contributed by atoms with Gasteiger partial charge in [0, 0.05) is 23.5 Å². The summed E-state index contributed by atoms with van der Waals surface area (Å²) in [6, 6.07) is 16.8. The summed E-state index contributed by atoms with van der Waals surface area (Å²) in [7, 11) is 0. The molecule has 178 valence electrons. The van der Waals surface area contributed by atoms with Crippen LogP contribution in [0.5, 0.6) is 0 Å². The second-order valence-corrected chi connectivity index (χ2v) is 9.72. The highest BCUT2D eigenvalue weighted by molar-refractivity contribution is 6.08. The Kier molecular flexibility index (Phi) is 5.00. The lowest BCUT2D eigenvalue weighted by Crippen LogP contribution is -2.27. The van der Waals surface area contributed by atoms with Crippen LogP contribution in [0.3, 0.4) is 0 Å². The SMILES string of the molecule is Cc1cc2cc(C)c(-n3nc(C)c4c3C(=O)N(c3ncc(-c5ccccc5C)cn3)C4)cc2cc1C. The van der Waals surface area contributed by atoms with Crippen LogP contribution >= 0.6 is 0 Å². The van der Waals surface area contributed by atoms with Crippen molar-refractivity contribution < 1.29 is 4.79 Å². The summed E-state index contributed by atoms with van der Waals surface area (Å²) in [4.78, 5) is 24.4.